The van der Waals surface area contributed by atoms with Crippen LogP contribution >= 0.6 is 0 Å². The highest BCUT2D eigenvalue weighted by atomic mass is 35.5. The molecule has 0 saturated carbocycles. The minimum Gasteiger partial charge on any atom is -1.00 e. The first-order chi connectivity index (χ1) is 24.0. The second-order valence-electron chi connectivity index (χ2n) is 16.8. The van der Waals surface area contributed by atoms with Gasteiger partial charge < -0.3 is 48.4 Å². The van der Waals surface area contributed by atoms with Gasteiger partial charge in [-0.15, -0.1) is 0 Å². The number of hydrogen-bond acceptors (Lipinski definition) is 5. The third-order valence-electron chi connectivity index (χ3n) is 10.3. The molecule has 0 radical (unpaired) electrons. The Morgan fingerprint density at radius 2 is 0.673 bits per heavy atom. The lowest BCUT2D eigenvalue weighted by atomic mass is 10.0. The molecule has 52 heavy (non-hydrogen) atoms. The van der Waals surface area contributed by atoms with Crippen LogP contribution < -0.4 is 24.8 Å². The van der Waals surface area contributed by atoms with Crippen LogP contribution in [0.1, 0.15) is 194 Å². The fourth-order valence-corrected chi connectivity index (χ4v) is 6.91. The SMILES string of the molecule is CCCCCCCCCCCCCCCC(=O)OCC[N+](C)(C)CC(O)C[N+](C)(C)CCOC(=O)CCCCCCCCCCCCCCC.[Cl-].[Cl-]. The largest absolute Gasteiger partial charge is 1.00 e. The van der Waals surface area contributed by atoms with Gasteiger partial charge >= 0.3 is 11.9 Å². The van der Waals surface area contributed by atoms with Crippen molar-refractivity contribution in [1.82, 2.24) is 0 Å². The zero-order valence-corrected chi connectivity index (χ0v) is 36.9. The smallest absolute Gasteiger partial charge is 0.305 e. The normalized spacial score (nSPS) is 11.7. The first kappa shape index (κ1) is 55.7. The molecule has 0 atom stereocenters. The maximum absolute atomic E-state index is 12.2. The minimum atomic E-state index is -0.497. The quantitative estimate of drug-likeness (QED) is 0.0566. The zero-order valence-electron chi connectivity index (χ0n) is 35.3. The zero-order chi connectivity index (χ0) is 37.2. The number of quaternary nitrogens is 2. The second-order valence-corrected chi connectivity index (χ2v) is 16.8. The van der Waals surface area contributed by atoms with Crippen LogP contribution in [0.3, 0.4) is 0 Å². The van der Waals surface area contributed by atoms with Gasteiger partial charge in [-0.2, -0.15) is 0 Å². The summed E-state index contributed by atoms with van der Waals surface area (Å²) in [7, 11) is 8.28. The first-order valence-corrected chi connectivity index (χ1v) is 21.6. The van der Waals surface area contributed by atoms with Crippen LogP contribution in [0.15, 0.2) is 0 Å². The van der Waals surface area contributed by atoms with E-state index in [1.165, 1.54) is 141 Å². The average molecular weight is 784 g/mol. The third-order valence-corrected chi connectivity index (χ3v) is 10.3. The van der Waals surface area contributed by atoms with Gasteiger partial charge in [0.05, 0.1) is 28.2 Å². The molecule has 0 spiro atoms. The van der Waals surface area contributed by atoms with E-state index in [-0.39, 0.29) is 36.8 Å². The number of rotatable bonds is 38. The van der Waals surface area contributed by atoms with E-state index in [4.69, 9.17) is 9.47 Å². The van der Waals surface area contributed by atoms with Crippen LogP contribution in [0.4, 0.5) is 0 Å². The van der Waals surface area contributed by atoms with E-state index in [2.05, 4.69) is 42.0 Å². The van der Waals surface area contributed by atoms with Crippen LogP contribution in [0.25, 0.3) is 0 Å². The molecule has 314 valence electrons. The predicted molar refractivity (Wildman–Crippen MR) is 212 cm³/mol. The molecule has 0 aliphatic rings. The predicted octanol–water partition coefficient (Wildman–Crippen LogP) is 4.56. The number of esters is 2. The lowest BCUT2D eigenvalue weighted by molar-refractivity contribution is -0.914. The van der Waals surface area contributed by atoms with Crippen LogP contribution in [0.5, 0.6) is 0 Å². The fraction of sp³-hybridized carbons (Fsp3) is 0.953. The van der Waals surface area contributed by atoms with Crippen LogP contribution in [-0.4, -0.2) is 99.7 Å². The van der Waals surface area contributed by atoms with E-state index in [9.17, 15) is 14.7 Å². The number of nitrogens with zero attached hydrogens (tertiary/aromatic N) is 2. The topological polar surface area (TPSA) is 72.8 Å². The van der Waals surface area contributed by atoms with E-state index in [0.717, 1.165) is 25.7 Å². The molecule has 0 aliphatic carbocycles. The Morgan fingerprint density at radius 3 is 0.923 bits per heavy atom. The molecule has 0 heterocycles. The van der Waals surface area contributed by atoms with Gasteiger partial charge in [0, 0.05) is 12.8 Å². The molecule has 0 aromatic carbocycles. The first-order valence-electron chi connectivity index (χ1n) is 21.6. The Labute approximate surface area is 336 Å². The van der Waals surface area contributed by atoms with Gasteiger partial charge in [-0.25, -0.2) is 0 Å². The highest BCUT2D eigenvalue weighted by molar-refractivity contribution is 5.69. The molecule has 0 aliphatic heterocycles. The molecular formula is C43H88Cl2N2O5. The number of aliphatic hydroxyl groups excluding tert-OH is 1. The average Bonchev–Trinajstić information content (AvgIpc) is 3.04. The summed E-state index contributed by atoms with van der Waals surface area (Å²) in [5.41, 5.74) is 0. The highest BCUT2D eigenvalue weighted by Gasteiger charge is 2.27. The van der Waals surface area contributed by atoms with Gasteiger partial charge in [0.2, 0.25) is 0 Å². The Morgan fingerprint density at radius 1 is 0.442 bits per heavy atom. The van der Waals surface area contributed by atoms with Crippen LogP contribution in [0, 0.1) is 0 Å². The summed E-state index contributed by atoms with van der Waals surface area (Å²) in [6, 6.07) is 0. The summed E-state index contributed by atoms with van der Waals surface area (Å²) in [5, 5.41) is 10.9. The molecule has 1 N–H and O–H groups in total. The van der Waals surface area contributed by atoms with Crippen molar-refractivity contribution in [3.63, 3.8) is 0 Å². The monoisotopic (exact) mass is 783 g/mol. The molecular weight excluding hydrogens is 695 g/mol. The Kier molecular flexibility index (Phi) is 41.4. The molecule has 0 bridgehead atoms. The number of carbonyl (C=O) groups is 2. The van der Waals surface area contributed by atoms with Crippen molar-refractivity contribution in [1.29, 1.82) is 0 Å². The van der Waals surface area contributed by atoms with E-state index >= 15 is 0 Å². The van der Waals surface area contributed by atoms with Gasteiger partial charge in [0.15, 0.2) is 6.10 Å². The van der Waals surface area contributed by atoms with E-state index in [1.54, 1.807) is 0 Å². The molecule has 0 rings (SSSR count). The molecule has 0 fully saturated rings. The van der Waals surface area contributed by atoms with Gasteiger partial charge in [0.1, 0.15) is 39.4 Å². The highest BCUT2D eigenvalue weighted by Crippen LogP contribution is 2.15. The third kappa shape index (κ3) is 40.6. The Balaban J connectivity index is -0.0000120. The van der Waals surface area contributed by atoms with Crippen LogP contribution in [-0.2, 0) is 19.1 Å². The van der Waals surface area contributed by atoms with Crippen molar-refractivity contribution in [2.75, 3.05) is 67.6 Å². The molecule has 0 unspecified atom stereocenters. The van der Waals surface area contributed by atoms with Gasteiger partial charge in [-0.3, -0.25) is 9.59 Å². The maximum atomic E-state index is 12.2. The summed E-state index contributed by atoms with van der Waals surface area (Å²) in [6.07, 6.45) is 34.2. The van der Waals surface area contributed by atoms with Crippen molar-refractivity contribution in [2.24, 2.45) is 0 Å². The van der Waals surface area contributed by atoms with Crippen LogP contribution in [0.2, 0.25) is 0 Å². The number of halogens is 2. The van der Waals surface area contributed by atoms with Gasteiger partial charge in [-0.05, 0) is 12.8 Å². The summed E-state index contributed by atoms with van der Waals surface area (Å²) < 4.78 is 12.2. The number of carbonyl (C=O) groups excluding carboxylic acids is 2. The number of unbranched alkanes of at least 4 members (excludes halogenated alkanes) is 24. The second kappa shape index (κ2) is 38.7. The van der Waals surface area contributed by atoms with Crippen molar-refractivity contribution in [2.45, 2.75) is 200 Å². The molecule has 0 aromatic heterocycles. The molecule has 0 saturated heterocycles. The lowest BCUT2D eigenvalue weighted by Crippen LogP contribution is -3.00. The molecule has 0 aromatic rings. The van der Waals surface area contributed by atoms with Crippen molar-refractivity contribution < 1.29 is 57.9 Å². The summed E-state index contributed by atoms with van der Waals surface area (Å²) in [6.45, 7) is 7.80. The number of likely N-dealkylation sites (N-methyl/N-ethyl adjacent to an activating group) is 2. The van der Waals surface area contributed by atoms with E-state index in [1.807, 2.05) is 0 Å². The summed E-state index contributed by atoms with van der Waals surface area (Å²) >= 11 is 0. The lowest BCUT2D eigenvalue weighted by Gasteiger charge is -2.35. The maximum Gasteiger partial charge on any atom is 0.305 e. The Hall–Kier alpha value is -0.600. The van der Waals surface area contributed by atoms with E-state index < -0.39 is 6.10 Å². The summed E-state index contributed by atoms with van der Waals surface area (Å²) in [4.78, 5) is 24.5. The molecule has 0 amide bonds. The van der Waals surface area contributed by atoms with Crippen molar-refractivity contribution in [3.05, 3.63) is 0 Å². The number of aliphatic hydroxyl groups is 1. The van der Waals surface area contributed by atoms with Gasteiger partial charge in [0.25, 0.3) is 0 Å². The number of ether oxygens (including phenoxy) is 2. The Bertz CT molecular complexity index is 723. The van der Waals surface area contributed by atoms with Gasteiger partial charge in [-0.1, -0.05) is 168 Å². The number of hydrogen-bond donors (Lipinski definition) is 1. The van der Waals surface area contributed by atoms with E-state index in [0.29, 0.717) is 61.2 Å². The standard InChI is InChI=1S/C43H88N2O5.2ClH/c1-7-9-11-13-15-17-19-21-23-25-27-29-31-33-42(47)49-37-35-44(3,4)39-41(46)40-45(5,6)36-38-50-43(48)34-32-30-28-26-24-22-20-18-16-14-12-10-8-2;;/h41,46H,7-40H2,1-6H3;2*1H/q+2;;/p-2. The minimum absolute atomic E-state index is 0. The van der Waals surface area contributed by atoms with Crippen molar-refractivity contribution in [3.8, 4) is 0 Å². The molecule has 7 nitrogen and oxygen atoms in total. The van der Waals surface area contributed by atoms with Crippen molar-refractivity contribution >= 4 is 11.9 Å². The molecule has 9 heteroatoms. The fourth-order valence-electron chi connectivity index (χ4n) is 6.91. The summed E-state index contributed by atoms with van der Waals surface area (Å²) in [5.74, 6) is -0.204.